The third kappa shape index (κ3) is 3.22. The number of amides is 1. The summed E-state index contributed by atoms with van der Waals surface area (Å²) in [7, 11) is 0. The summed E-state index contributed by atoms with van der Waals surface area (Å²) in [5.41, 5.74) is 1.60. The summed E-state index contributed by atoms with van der Waals surface area (Å²) < 4.78 is 0. The maximum Gasteiger partial charge on any atom is 0.252 e. The maximum absolute atomic E-state index is 12.2. The Morgan fingerprint density at radius 3 is 2.53 bits per heavy atom. The standard InChI is InChI=1S/C15H17NO2S/c1-10-8-13(11(2)19-10)15(18)16-14(9-17)12-6-4-3-5-7-12/h3-8,14,17H,9H2,1-2H3,(H,16,18). The molecule has 1 amide bonds. The van der Waals surface area contributed by atoms with Gasteiger partial charge in [-0.05, 0) is 25.5 Å². The van der Waals surface area contributed by atoms with Gasteiger partial charge in [0.15, 0.2) is 0 Å². The highest BCUT2D eigenvalue weighted by Crippen LogP contribution is 2.21. The van der Waals surface area contributed by atoms with Crippen molar-refractivity contribution in [3.8, 4) is 0 Å². The second-order valence-corrected chi connectivity index (χ2v) is 5.91. The fraction of sp³-hybridized carbons (Fsp3) is 0.267. The molecule has 0 spiro atoms. The van der Waals surface area contributed by atoms with Gasteiger partial charge in [0, 0.05) is 9.75 Å². The number of aryl methyl sites for hydroxylation is 2. The van der Waals surface area contributed by atoms with Crippen molar-refractivity contribution in [2.24, 2.45) is 0 Å². The lowest BCUT2D eigenvalue weighted by Gasteiger charge is -2.16. The Bertz CT molecular complexity index is 563. The van der Waals surface area contributed by atoms with Gasteiger partial charge in [-0.3, -0.25) is 4.79 Å². The fourth-order valence-corrected chi connectivity index (χ4v) is 2.93. The van der Waals surface area contributed by atoms with Gasteiger partial charge in [0.25, 0.3) is 5.91 Å². The number of thiophene rings is 1. The van der Waals surface area contributed by atoms with Crippen molar-refractivity contribution in [3.05, 3.63) is 57.3 Å². The minimum atomic E-state index is -0.367. The zero-order chi connectivity index (χ0) is 13.8. The predicted octanol–water partition coefficient (Wildman–Crippen LogP) is 2.83. The number of hydrogen-bond acceptors (Lipinski definition) is 3. The number of nitrogens with one attached hydrogen (secondary N) is 1. The van der Waals surface area contributed by atoms with Gasteiger partial charge in [0.05, 0.1) is 18.2 Å². The largest absolute Gasteiger partial charge is 0.394 e. The van der Waals surface area contributed by atoms with Crippen LogP contribution in [-0.4, -0.2) is 17.6 Å². The average Bonchev–Trinajstić information content (AvgIpc) is 2.76. The van der Waals surface area contributed by atoms with E-state index in [1.807, 2.05) is 50.2 Å². The molecule has 2 aromatic rings. The van der Waals surface area contributed by atoms with Crippen LogP contribution in [0.15, 0.2) is 36.4 Å². The molecule has 2 rings (SSSR count). The van der Waals surface area contributed by atoms with Crippen LogP contribution in [0, 0.1) is 13.8 Å². The highest BCUT2D eigenvalue weighted by molar-refractivity contribution is 7.12. The van der Waals surface area contributed by atoms with Crippen LogP contribution in [0.1, 0.15) is 31.7 Å². The molecule has 19 heavy (non-hydrogen) atoms. The molecule has 0 radical (unpaired) electrons. The number of aliphatic hydroxyl groups excluding tert-OH is 1. The lowest BCUT2D eigenvalue weighted by Crippen LogP contribution is -2.30. The SMILES string of the molecule is Cc1cc(C(=O)NC(CO)c2ccccc2)c(C)s1. The van der Waals surface area contributed by atoms with Crippen molar-refractivity contribution in [3.63, 3.8) is 0 Å². The normalized spacial score (nSPS) is 12.2. The molecule has 1 heterocycles. The number of carbonyl (C=O) groups is 1. The van der Waals surface area contributed by atoms with E-state index in [9.17, 15) is 9.90 Å². The molecule has 2 N–H and O–H groups in total. The van der Waals surface area contributed by atoms with Crippen molar-refractivity contribution in [1.29, 1.82) is 0 Å². The maximum atomic E-state index is 12.2. The van der Waals surface area contributed by atoms with Gasteiger partial charge in [-0.2, -0.15) is 0 Å². The smallest absolute Gasteiger partial charge is 0.252 e. The van der Waals surface area contributed by atoms with Crippen LogP contribution in [0.2, 0.25) is 0 Å². The van der Waals surface area contributed by atoms with E-state index in [2.05, 4.69) is 5.32 Å². The van der Waals surface area contributed by atoms with Crippen molar-refractivity contribution in [2.45, 2.75) is 19.9 Å². The zero-order valence-electron chi connectivity index (χ0n) is 11.0. The molecular weight excluding hydrogens is 258 g/mol. The van der Waals surface area contributed by atoms with E-state index in [0.29, 0.717) is 5.56 Å². The predicted molar refractivity (Wildman–Crippen MR) is 77.5 cm³/mol. The lowest BCUT2D eigenvalue weighted by molar-refractivity contribution is 0.0916. The van der Waals surface area contributed by atoms with Gasteiger partial charge < -0.3 is 10.4 Å². The van der Waals surface area contributed by atoms with E-state index in [-0.39, 0.29) is 18.6 Å². The van der Waals surface area contributed by atoms with E-state index < -0.39 is 0 Å². The molecule has 1 unspecified atom stereocenters. The third-order valence-corrected chi connectivity index (χ3v) is 3.94. The summed E-state index contributed by atoms with van der Waals surface area (Å²) in [6, 6.07) is 11.0. The van der Waals surface area contributed by atoms with Crippen LogP contribution < -0.4 is 5.32 Å². The Labute approximate surface area is 116 Å². The van der Waals surface area contributed by atoms with E-state index >= 15 is 0 Å². The van der Waals surface area contributed by atoms with Crippen LogP contribution >= 0.6 is 11.3 Å². The topological polar surface area (TPSA) is 49.3 Å². The third-order valence-electron chi connectivity index (χ3n) is 2.98. The first-order chi connectivity index (χ1) is 9.11. The van der Waals surface area contributed by atoms with E-state index in [1.165, 1.54) is 0 Å². The summed E-state index contributed by atoms with van der Waals surface area (Å²) in [5.74, 6) is -0.134. The molecule has 0 bridgehead atoms. The van der Waals surface area contributed by atoms with Gasteiger partial charge in [-0.15, -0.1) is 11.3 Å². The molecule has 1 aromatic carbocycles. The molecule has 0 fully saturated rings. The molecule has 0 saturated carbocycles. The zero-order valence-corrected chi connectivity index (χ0v) is 11.8. The Morgan fingerprint density at radius 1 is 1.32 bits per heavy atom. The van der Waals surface area contributed by atoms with Crippen LogP contribution in [0.3, 0.4) is 0 Å². The summed E-state index contributed by atoms with van der Waals surface area (Å²) in [6.45, 7) is 3.80. The van der Waals surface area contributed by atoms with Gasteiger partial charge >= 0.3 is 0 Å². The minimum Gasteiger partial charge on any atom is -0.394 e. The molecule has 0 aliphatic rings. The van der Waals surface area contributed by atoms with E-state index in [0.717, 1.165) is 15.3 Å². The molecule has 100 valence electrons. The second-order valence-electron chi connectivity index (χ2n) is 4.45. The first-order valence-electron chi connectivity index (χ1n) is 6.15. The van der Waals surface area contributed by atoms with Crippen LogP contribution in [0.25, 0.3) is 0 Å². The molecule has 0 aliphatic carbocycles. The highest BCUT2D eigenvalue weighted by Gasteiger charge is 2.17. The van der Waals surface area contributed by atoms with Gasteiger partial charge in [0.1, 0.15) is 0 Å². The molecule has 0 saturated heterocycles. The van der Waals surface area contributed by atoms with Gasteiger partial charge in [-0.1, -0.05) is 30.3 Å². The summed E-state index contributed by atoms with van der Waals surface area (Å²) >= 11 is 1.60. The first kappa shape index (κ1) is 13.8. The summed E-state index contributed by atoms with van der Waals surface area (Å²) in [6.07, 6.45) is 0. The summed E-state index contributed by atoms with van der Waals surface area (Å²) in [4.78, 5) is 14.3. The Morgan fingerprint density at radius 2 is 2.00 bits per heavy atom. The van der Waals surface area contributed by atoms with Gasteiger partial charge in [-0.25, -0.2) is 0 Å². The molecular formula is C15H17NO2S. The van der Waals surface area contributed by atoms with Crippen LogP contribution in [-0.2, 0) is 0 Å². The molecule has 1 aromatic heterocycles. The Kier molecular flexibility index (Phi) is 4.35. The highest BCUT2D eigenvalue weighted by atomic mass is 32.1. The Balaban J connectivity index is 2.15. The number of benzene rings is 1. The second kappa shape index (κ2) is 5.99. The number of rotatable bonds is 4. The number of aliphatic hydroxyl groups is 1. The number of hydrogen-bond donors (Lipinski definition) is 2. The quantitative estimate of drug-likeness (QED) is 0.901. The van der Waals surface area contributed by atoms with Crippen molar-refractivity contribution < 1.29 is 9.90 Å². The van der Waals surface area contributed by atoms with E-state index in [4.69, 9.17) is 0 Å². The molecule has 1 atom stereocenters. The molecule has 0 aliphatic heterocycles. The average molecular weight is 275 g/mol. The molecule has 3 nitrogen and oxygen atoms in total. The van der Waals surface area contributed by atoms with Crippen LogP contribution in [0.5, 0.6) is 0 Å². The Hall–Kier alpha value is -1.65. The van der Waals surface area contributed by atoms with Gasteiger partial charge in [0.2, 0.25) is 0 Å². The lowest BCUT2D eigenvalue weighted by atomic mass is 10.1. The molecule has 4 heteroatoms. The first-order valence-corrected chi connectivity index (χ1v) is 6.97. The fourth-order valence-electron chi connectivity index (χ4n) is 2.01. The van der Waals surface area contributed by atoms with Crippen molar-refractivity contribution in [1.82, 2.24) is 5.32 Å². The summed E-state index contributed by atoms with van der Waals surface area (Å²) in [5, 5.41) is 12.3. The van der Waals surface area contributed by atoms with Crippen molar-refractivity contribution >= 4 is 17.2 Å². The van der Waals surface area contributed by atoms with Crippen LogP contribution in [0.4, 0.5) is 0 Å². The van der Waals surface area contributed by atoms with E-state index in [1.54, 1.807) is 11.3 Å². The minimum absolute atomic E-state index is 0.113. The van der Waals surface area contributed by atoms with Crippen molar-refractivity contribution in [2.75, 3.05) is 6.61 Å². The monoisotopic (exact) mass is 275 g/mol. The number of carbonyl (C=O) groups excluding carboxylic acids is 1.